The molecule has 0 radical (unpaired) electrons. The Balaban J connectivity index is 1.73. The third-order valence-corrected chi connectivity index (χ3v) is 4.35. The monoisotopic (exact) mass is 401 g/mol. The van der Waals surface area contributed by atoms with Gasteiger partial charge >= 0.3 is 0 Å². The van der Waals surface area contributed by atoms with Gasteiger partial charge in [0, 0.05) is 35.2 Å². The lowest BCUT2D eigenvalue weighted by molar-refractivity contribution is -0.385. The maximum absolute atomic E-state index is 12.1. The number of thiazole rings is 1. The van der Waals surface area contributed by atoms with Crippen molar-refractivity contribution in [3.05, 3.63) is 78.6 Å². The van der Waals surface area contributed by atoms with Gasteiger partial charge in [-0.25, -0.2) is 4.98 Å². The first-order valence-corrected chi connectivity index (χ1v) is 8.56. The van der Waals surface area contributed by atoms with Crippen LogP contribution in [-0.2, 0) is 11.3 Å². The average Bonchev–Trinajstić information content (AvgIpc) is 3.11. The summed E-state index contributed by atoms with van der Waals surface area (Å²) >= 11 is 1.10. The standard InChI is InChI=1S/C16H11N5O6S/c22-14(8-19-7-12(21(26)27)4-5-15(19)23)18-16-17-13(9-28-16)10-2-1-3-11(6-10)20(24)25/h1-7,9H,8H2,(H,17,18,22). The lowest BCUT2D eigenvalue weighted by Gasteiger charge is -2.05. The molecule has 0 saturated carbocycles. The third kappa shape index (κ3) is 4.24. The van der Waals surface area contributed by atoms with Gasteiger partial charge in [-0.2, -0.15) is 0 Å². The van der Waals surface area contributed by atoms with Crippen LogP contribution in [-0.4, -0.2) is 25.3 Å². The topological polar surface area (TPSA) is 150 Å². The van der Waals surface area contributed by atoms with E-state index in [-0.39, 0.29) is 16.5 Å². The van der Waals surface area contributed by atoms with Gasteiger partial charge in [-0.15, -0.1) is 11.3 Å². The van der Waals surface area contributed by atoms with Gasteiger partial charge < -0.3 is 5.32 Å². The van der Waals surface area contributed by atoms with Crippen LogP contribution in [0.2, 0.25) is 0 Å². The SMILES string of the molecule is O=C(Cn1cc([N+](=O)[O-])ccc1=O)Nc1nc(-c2cccc([N+](=O)[O-])c2)cs1. The van der Waals surface area contributed by atoms with Crippen LogP contribution in [0.15, 0.2) is 52.8 Å². The number of nitrogens with zero attached hydrogens (tertiary/aromatic N) is 4. The second-order valence-electron chi connectivity index (χ2n) is 5.50. The number of nitro groups is 2. The Morgan fingerprint density at radius 3 is 2.61 bits per heavy atom. The van der Waals surface area contributed by atoms with Crippen LogP contribution in [0.25, 0.3) is 11.3 Å². The molecule has 0 aliphatic heterocycles. The number of non-ortho nitro benzene ring substituents is 1. The van der Waals surface area contributed by atoms with E-state index in [0.717, 1.165) is 34.2 Å². The van der Waals surface area contributed by atoms with E-state index >= 15 is 0 Å². The zero-order valence-corrected chi connectivity index (χ0v) is 14.8. The number of benzene rings is 1. The first-order chi connectivity index (χ1) is 13.3. The summed E-state index contributed by atoms with van der Waals surface area (Å²) in [6, 6.07) is 7.97. The van der Waals surface area contributed by atoms with Crippen LogP contribution >= 0.6 is 11.3 Å². The van der Waals surface area contributed by atoms with Crippen molar-refractivity contribution in [2.24, 2.45) is 0 Å². The fourth-order valence-corrected chi connectivity index (χ4v) is 3.04. The van der Waals surface area contributed by atoms with Crippen molar-refractivity contribution in [1.29, 1.82) is 0 Å². The van der Waals surface area contributed by atoms with Gasteiger partial charge in [0.05, 0.1) is 21.7 Å². The molecule has 12 heteroatoms. The van der Waals surface area contributed by atoms with E-state index in [0.29, 0.717) is 11.3 Å². The van der Waals surface area contributed by atoms with Gasteiger partial charge in [0.15, 0.2) is 5.13 Å². The highest BCUT2D eigenvalue weighted by Gasteiger charge is 2.14. The second kappa shape index (κ2) is 7.75. The average molecular weight is 401 g/mol. The number of carbonyl (C=O) groups excluding carboxylic acids is 1. The summed E-state index contributed by atoms with van der Waals surface area (Å²) in [5.41, 5.74) is 0.00489. The van der Waals surface area contributed by atoms with Crippen molar-refractivity contribution in [3.8, 4) is 11.3 Å². The van der Waals surface area contributed by atoms with Gasteiger partial charge in [-0.3, -0.25) is 34.4 Å². The number of nitro benzene ring substituents is 1. The van der Waals surface area contributed by atoms with Gasteiger partial charge in [-0.05, 0) is 0 Å². The summed E-state index contributed by atoms with van der Waals surface area (Å²) < 4.78 is 0.919. The van der Waals surface area contributed by atoms with E-state index in [4.69, 9.17) is 0 Å². The second-order valence-corrected chi connectivity index (χ2v) is 6.36. The molecule has 1 N–H and O–H groups in total. The van der Waals surface area contributed by atoms with Crippen molar-refractivity contribution in [1.82, 2.24) is 9.55 Å². The summed E-state index contributed by atoms with van der Waals surface area (Å²) in [6.45, 7) is -0.424. The fourth-order valence-electron chi connectivity index (χ4n) is 2.31. The number of carbonyl (C=O) groups is 1. The van der Waals surface area contributed by atoms with Gasteiger partial charge in [0.25, 0.3) is 16.9 Å². The molecule has 0 bridgehead atoms. The molecule has 0 aliphatic rings. The summed E-state index contributed by atoms with van der Waals surface area (Å²) in [6.07, 6.45) is 0.984. The Labute approximate surface area is 160 Å². The number of rotatable bonds is 6. The van der Waals surface area contributed by atoms with Crippen molar-refractivity contribution in [2.75, 3.05) is 5.32 Å². The molecule has 11 nitrogen and oxygen atoms in total. The summed E-state index contributed by atoms with van der Waals surface area (Å²) in [5.74, 6) is -0.595. The smallest absolute Gasteiger partial charge is 0.285 e. The fraction of sp³-hybridized carbons (Fsp3) is 0.0625. The number of hydrogen-bond acceptors (Lipinski definition) is 8. The Kier molecular flexibility index (Phi) is 5.22. The van der Waals surface area contributed by atoms with E-state index in [1.807, 2.05) is 0 Å². The van der Waals surface area contributed by atoms with Gasteiger partial charge in [0.1, 0.15) is 6.54 Å². The Bertz CT molecular complexity index is 1140. The molecule has 2 aromatic heterocycles. The van der Waals surface area contributed by atoms with Crippen LogP contribution in [0.1, 0.15) is 0 Å². The van der Waals surface area contributed by atoms with E-state index < -0.39 is 27.9 Å². The molecular formula is C16H11N5O6S. The quantitative estimate of drug-likeness (QED) is 0.492. The third-order valence-electron chi connectivity index (χ3n) is 3.60. The lowest BCUT2D eigenvalue weighted by Crippen LogP contribution is -2.26. The van der Waals surface area contributed by atoms with Crippen LogP contribution < -0.4 is 10.9 Å². The van der Waals surface area contributed by atoms with Crippen LogP contribution in [0.3, 0.4) is 0 Å². The minimum Gasteiger partial charge on any atom is -0.300 e. The van der Waals surface area contributed by atoms with Gasteiger partial charge in [-0.1, -0.05) is 12.1 Å². The predicted molar refractivity (Wildman–Crippen MR) is 100 cm³/mol. The molecule has 142 valence electrons. The van der Waals surface area contributed by atoms with Crippen LogP contribution in [0.4, 0.5) is 16.5 Å². The lowest BCUT2D eigenvalue weighted by atomic mass is 10.1. The normalized spacial score (nSPS) is 10.4. The van der Waals surface area contributed by atoms with E-state index in [2.05, 4.69) is 10.3 Å². The highest BCUT2D eigenvalue weighted by atomic mass is 32.1. The molecule has 28 heavy (non-hydrogen) atoms. The van der Waals surface area contributed by atoms with E-state index in [1.54, 1.807) is 11.4 Å². The zero-order valence-electron chi connectivity index (χ0n) is 14.0. The minimum absolute atomic E-state index is 0.0823. The maximum Gasteiger partial charge on any atom is 0.285 e. The molecule has 0 spiro atoms. The Hall–Kier alpha value is -3.93. The Morgan fingerprint density at radius 2 is 1.89 bits per heavy atom. The molecule has 0 atom stereocenters. The van der Waals surface area contributed by atoms with Crippen LogP contribution in [0, 0.1) is 20.2 Å². The highest BCUT2D eigenvalue weighted by molar-refractivity contribution is 7.14. The molecule has 2 heterocycles. The largest absolute Gasteiger partial charge is 0.300 e. The molecule has 0 saturated heterocycles. The molecule has 0 aliphatic carbocycles. The number of anilines is 1. The molecule has 1 aromatic carbocycles. The molecule has 0 unspecified atom stereocenters. The molecule has 3 rings (SSSR count). The minimum atomic E-state index is -0.667. The first kappa shape index (κ1) is 18.8. The molecule has 3 aromatic rings. The number of nitrogens with one attached hydrogen (secondary N) is 1. The summed E-state index contributed by atoms with van der Waals surface area (Å²) in [5, 5.41) is 26.0. The summed E-state index contributed by atoms with van der Waals surface area (Å²) in [7, 11) is 0. The maximum atomic E-state index is 12.1. The van der Waals surface area contributed by atoms with Crippen molar-refractivity contribution >= 4 is 33.8 Å². The van der Waals surface area contributed by atoms with E-state index in [9.17, 15) is 29.8 Å². The van der Waals surface area contributed by atoms with Crippen LogP contribution in [0.5, 0.6) is 0 Å². The first-order valence-electron chi connectivity index (χ1n) is 7.68. The van der Waals surface area contributed by atoms with E-state index in [1.165, 1.54) is 18.2 Å². The highest BCUT2D eigenvalue weighted by Crippen LogP contribution is 2.27. The zero-order chi connectivity index (χ0) is 20.3. The predicted octanol–water partition coefficient (Wildman–Crippen LogP) is 2.43. The van der Waals surface area contributed by atoms with Gasteiger partial charge in [0.2, 0.25) is 5.91 Å². The number of hydrogen-bond donors (Lipinski definition) is 1. The molecule has 1 amide bonds. The molecule has 0 fully saturated rings. The van der Waals surface area contributed by atoms with Crippen molar-refractivity contribution in [3.63, 3.8) is 0 Å². The number of pyridine rings is 1. The Morgan fingerprint density at radius 1 is 1.14 bits per heavy atom. The molecular weight excluding hydrogens is 390 g/mol. The van der Waals surface area contributed by atoms with Crippen molar-refractivity contribution < 1.29 is 14.6 Å². The number of aromatic nitrogens is 2. The number of amides is 1. The summed E-state index contributed by atoms with van der Waals surface area (Å²) in [4.78, 5) is 48.6. The van der Waals surface area contributed by atoms with Crippen molar-refractivity contribution in [2.45, 2.75) is 6.54 Å².